The Labute approximate surface area is 160 Å². The smallest absolute Gasteiger partial charge is 0.178 e. The highest BCUT2D eigenvalue weighted by Crippen LogP contribution is 2.32. The van der Waals surface area contributed by atoms with Crippen molar-refractivity contribution < 1.29 is 4.79 Å². The first-order chi connectivity index (χ1) is 12.6. The fourth-order valence-corrected chi connectivity index (χ4v) is 5.30. The molecule has 0 fully saturated rings. The maximum Gasteiger partial charge on any atom is 0.178 e. The monoisotopic (exact) mass is 374 g/mol. The molecule has 0 bridgehead atoms. The minimum atomic E-state index is 0.0127. The summed E-state index contributed by atoms with van der Waals surface area (Å²) < 4.78 is 2.52. The molecule has 4 rings (SSSR count). The summed E-state index contributed by atoms with van der Waals surface area (Å²) in [4.78, 5) is 14.6. The average molecular weight is 375 g/mol. The Morgan fingerprint density at radius 3 is 1.58 bits per heavy atom. The Morgan fingerprint density at radius 1 is 0.731 bits per heavy atom. The maximum absolute atomic E-state index is 12.3. The standard InChI is InChI=1S/C23H18OS2/c1-15-18-7-3-5-9-22(18)25-20(15)13-11-17(24)12-14-21-16(2)19-8-4-6-10-23(19)26-21/h3-14H,1-2H3/b13-11-,14-12-. The highest BCUT2D eigenvalue weighted by atomic mass is 32.1. The molecule has 0 saturated carbocycles. The number of rotatable bonds is 4. The molecule has 0 aliphatic heterocycles. The van der Waals surface area contributed by atoms with Crippen molar-refractivity contribution in [2.24, 2.45) is 0 Å². The minimum Gasteiger partial charge on any atom is -0.290 e. The van der Waals surface area contributed by atoms with Gasteiger partial charge >= 0.3 is 0 Å². The summed E-state index contributed by atoms with van der Waals surface area (Å²) >= 11 is 3.45. The second-order valence-electron chi connectivity index (χ2n) is 6.24. The second-order valence-corrected chi connectivity index (χ2v) is 8.41. The van der Waals surface area contributed by atoms with E-state index in [2.05, 4.69) is 50.2 Å². The number of carbonyl (C=O) groups is 1. The van der Waals surface area contributed by atoms with Gasteiger partial charge in [0.1, 0.15) is 0 Å². The zero-order chi connectivity index (χ0) is 18.1. The van der Waals surface area contributed by atoms with Crippen LogP contribution in [0, 0.1) is 13.8 Å². The molecule has 0 saturated heterocycles. The Hall–Kier alpha value is -2.49. The molecular formula is C23H18OS2. The van der Waals surface area contributed by atoms with Crippen molar-refractivity contribution in [2.75, 3.05) is 0 Å². The van der Waals surface area contributed by atoms with E-state index in [-0.39, 0.29) is 5.78 Å². The van der Waals surface area contributed by atoms with Gasteiger partial charge in [0.15, 0.2) is 5.78 Å². The number of thiophene rings is 2. The fourth-order valence-electron chi connectivity index (χ4n) is 3.08. The van der Waals surface area contributed by atoms with Crippen molar-refractivity contribution in [3.63, 3.8) is 0 Å². The number of ketones is 1. The Morgan fingerprint density at radius 2 is 1.15 bits per heavy atom. The third kappa shape index (κ3) is 3.16. The number of allylic oxidation sites excluding steroid dienone is 2. The van der Waals surface area contributed by atoms with Crippen LogP contribution < -0.4 is 0 Å². The van der Waals surface area contributed by atoms with Crippen molar-refractivity contribution in [3.05, 3.63) is 81.6 Å². The molecule has 0 unspecified atom stereocenters. The third-order valence-corrected chi connectivity index (χ3v) is 7.04. The predicted octanol–water partition coefficient (Wildman–Crippen LogP) is 7.03. The number of carbonyl (C=O) groups excluding carboxylic acids is 1. The molecule has 0 N–H and O–H groups in total. The molecule has 0 amide bonds. The van der Waals surface area contributed by atoms with Gasteiger partial charge in [-0.15, -0.1) is 22.7 Å². The molecule has 2 heterocycles. The molecular weight excluding hydrogens is 356 g/mol. The van der Waals surface area contributed by atoms with Crippen LogP contribution in [0.3, 0.4) is 0 Å². The number of hydrogen-bond donors (Lipinski definition) is 0. The second kappa shape index (κ2) is 7.02. The van der Waals surface area contributed by atoms with Crippen LogP contribution in [0.2, 0.25) is 0 Å². The summed E-state index contributed by atoms with van der Waals surface area (Å²) in [5.41, 5.74) is 2.47. The van der Waals surface area contributed by atoms with Crippen molar-refractivity contribution in [1.82, 2.24) is 0 Å². The average Bonchev–Trinajstić information content (AvgIpc) is 3.16. The van der Waals surface area contributed by atoms with Gasteiger partial charge in [-0.05, 0) is 72.2 Å². The molecule has 0 spiro atoms. The van der Waals surface area contributed by atoms with Crippen LogP contribution in [-0.4, -0.2) is 5.78 Å². The van der Waals surface area contributed by atoms with E-state index >= 15 is 0 Å². The normalized spacial score (nSPS) is 12.1. The first kappa shape index (κ1) is 17.0. The van der Waals surface area contributed by atoms with Gasteiger partial charge in [0.2, 0.25) is 0 Å². The largest absolute Gasteiger partial charge is 0.290 e. The van der Waals surface area contributed by atoms with Crippen LogP contribution in [0.5, 0.6) is 0 Å². The van der Waals surface area contributed by atoms with E-state index in [9.17, 15) is 4.79 Å². The van der Waals surface area contributed by atoms with Crippen molar-refractivity contribution >= 4 is 60.8 Å². The zero-order valence-electron chi connectivity index (χ0n) is 14.7. The van der Waals surface area contributed by atoms with E-state index in [0.717, 1.165) is 9.75 Å². The van der Waals surface area contributed by atoms with E-state index in [0.29, 0.717) is 0 Å². The van der Waals surface area contributed by atoms with Gasteiger partial charge in [0.05, 0.1) is 0 Å². The van der Waals surface area contributed by atoms with E-state index in [1.54, 1.807) is 34.8 Å². The molecule has 26 heavy (non-hydrogen) atoms. The zero-order valence-corrected chi connectivity index (χ0v) is 16.3. The first-order valence-corrected chi connectivity index (χ1v) is 10.1. The summed E-state index contributed by atoms with van der Waals surface area (Å²) in [5.74, 6) is 0.0127. The van der Waals surface area contributed by atoms with Gasteiger partial charge in [-0.25, -0.2) is 0 Å². The molecule has 0 aliphatic rings. The van der Waals surface area contributed by atoms with E-state index in [1.807, 2.05) is 24.3 Å². The van der Waals surface area contributed by atoms with E-state index in [1.165, 1.54) is 31.3 Å². The molecule has 0 atom stereocenters. The van der Waals surface area contributed by atoms with Gasteiger partial charge in [-0.3, -0.25) is 4.79 Å². The number of fused-ring (bicyclic) bond motifs is 2. The van der Waals surface area contributed by atoms with E-state index < -0.39 is 0 Å². The predicted molar refractivity (Wildman–Crippen MR) is 116 cm³/mol. The molecule has 4 aromatic rings. The van der Waals surface area contributed by atoms with Crippen LogP contribution in [0.15, 0.2) is 60.7 Å². The SMILES string of the molecule is Cc1c(/C=C\C(=O)/C=C\c2sc3ccccc3c2C)sc2ccccc12. The minimum absolute atomic E-state index is 0.0127. The Bertz CT molecular complexity index is 1080. The quantitative estimate of drug-likeness (QED) is 0.350. The summed E-state index contributed by atoms with van der Waals surface area (Å²) in [5, 5.41) is 2.53. The highest BCUT2D eigenvalue weighted by Gasteiger charge is 2.06. The van der Waals surface area contributed by atoms with Crippen molar-refractivity contribution in [1.29, 1.82) is 0 Å². The Balaban J connectivity index is 1.55. The molecule has 3 heteroatoms. The van der Waals surface area contributed by atoms with Crippen molar-refractivity contribution in [3.8, 4) is 0 Å². The number of hydrogen-bond acceptors (Lipinski definition) is 3. The fraction of sp³-hybridized carbons (Fsp3) is 0.0870. The maximum atomic E-state index is 12.3. The van der Waals surface area contributed by atoms with Gasteiger partial charge in [-0.1, -0.05) is 36.4 Å². The molecule has 2 aromatic heterocycles. The highest BCUT2D eigenvalue weighted by molar-refractivity contribution is 7.20. The molecule has 0 aliphatic carbocycles. The third-order valence-electron chi connectivity index (χ3n) is 4.56. The molecule has 2 aromatic carbocycles. The van der Waals surface area contributed by atoms with Gasteiger partial charge in [0, 0.05) is 19.2 Å². The van der Waals surface area contributed by atoms with Crippen LogP contribution in [0.25, 0.3) is 32.3 Å². The number of benzene rings is 2. The van der Waals surface area contributed by atoms with Crippen LogP contribution in [0.4, 0.5) is 0 Å². The van der Waals surface area contributed by atoms with Gasteiger partial charge in [0.25, 0.3) is 0 Å². The summed E-state index contributed by atoms with van der Waals surface area (Å²) in [6.07, 6.45) is 7.20. The lowest BCUT2D eigenvalue weighted by atomic mass is 10.1. The van der Waals surface area contributed by atoms with Crippen molar-refractivity contribution in [2.45, 2.75) is 13.8 Å². The lowest BCUT2D eigenvalue weighted by Gasteiger charge is -1.92. The summed E-state index contributed by atoms with van der Waals surface area (Å²) in [6.45, 7) is 4.22. The van der Waals surface area contributed by atoms with Crippen LogP contribution in [0.1, 0.15) is 20.9 Å². The first-order valence-electron chi connectivity index (χ1n) is 8.50. The number of aryl methyl sites for hydroxylation is 2. The van der Waals surface area contributed by atoms with Gasteiger partial charge < -0.3 is 0 Å². The molecule has 0 radical (unpaired) electrons. The lowest BCUT2D eigenvalue weighted by molar-refractivity contribution is -0.110. The molecule has 128 valence electrons. The molecule has 1 nitrogen and oxygen atoms in total. The topological polar surface area (TPSA) is 17.1 Å². The van der Waals surface area contributed by atoms with E-state index in [4.69, 9.17) is 0 Å². The Kier molecular flexibility index (Phi) is 4.58. The van der Waals surface area contributed by atoms with Gasteiger partial charge in [-0.2, -0.15) is 0 Å². The summed E-state index contributed by atoms with van der Waals surface area (Å²) in [7, 11) is 0. The summed E-state index contributed by atoms with van der Waals surface area (Å²) in [6, 6.07) is 16.7. The van der Waals surface area contributed by atoms with Crippen LogP contribution >= 0.6 is 22.7 Å². The van der Waals surface area contributed by atoms with Crippen LogP contribution in [-0.2, 0) is 4.79 Å². The lowest BCUT2D eigenvalue weighted by Crippen LogP contribution is -1.84.